The molecule has 5 atom stereocenters. The topological polar surface area (TPSA) is 169 Å². The van der Waals surface area contributed by atoms with Crippen LogP contribution in [0.2, 0.25) is 0 Å². The number of aliphatic hydroxyl groups excluding tert-OH is 4. The molecule has 10 nitrogen and oxygen atoms in total. The van der Waals surface area contributed by atoms with Crippen molar-refractivity contribution in [3.05, 3.63) is 35.9 Å². The van der Waals surface area contributed by atoms with Crippen molar-refractivity contribution in [1.82, 2.24) is 0 Å². The lowest BCUT2D eigenvalue weighted by Gasteiger charge is -2.39. The summed E-state index contributed by atoms with van der Waals surface area (Å²) in [5.41, 5.74) is -0.266. The smallest absolute Gasteiger partial charge is 0.284 e. The second kappa shape index (κ2) is 9.80. The quantitative estimate of drug-likeness (QED) is 0.140. The van der Waals surface area contributed by atoms with E-state index in [-0.39, 0.29) is 11.5 Å². The summed E-state index contributed by atoms with van der Waals surface area (Å²) >= 11 is 0.726. The highest BCUT2D eigenvalue weighted by Crippen LogP contribution is 2.30. The van der Waals surface area contributed by atoms with Gasteiger partial charge in [-0.25, -0.2) is 0 Å². The zero-order valence-electron chi connectivity index (χ0n) is 14.0. The highest BCUT2D eigenvalue weighted by molar-refractivity contribution is 8.14. The Morgan fingerprint density at radius 2 is 1.85 bits per heavy atom. The molecule has 0 spiro atoms. The van der Waals surface area contributed by atoms with Crippen LogP contribution in [0.5, 0.6) is 0 Å². The van der Waals surface area contributed by atoms with E-state index in [1.807, 2.05) is 30.3 Å². The first kappa shape index (κ1) is 22.0. The number of oxime groups is 1. The van der Waals surface area contributed by atoms with Crippen molar-refractivity contribution in [2.24, 2.45) is 5.16 Å². The van der Waals surface area contributed by atoms with E-state index in [4.69, 9.17) is 4.74 Å². The van der Waals surface area contributed by atoms with Crippen molar-refractivity contribution in [2.45, 2.75) is 42.7 Å². The van der Waals surface area contributed by atoms with Crippen molar-refractivity contribution in [3.8, 4) is 0 Å². The largest absolute Gasteiger partial charge is 0.714 e. The minimum atomic E-state index is -5.07. The first-order chi connectivity index (χ1) is 12.7. The zero-order valence-corrected chi connectivity index (χ0v) is 15.6. The van der Waals surface area contributed by atoms with Crippen LogP contribution in [0.4, 0.5) is 0 Å². The average molecular weight is 422 g/mol. The van der Waals surface area contributed by atoms with E-state index in [0.717, 1.165) is 17.3 Å². The van der Waals surface area contributed by atoms with Crippen LogP contribution in [0.1, 0.15) is 12.0 Å². The van der Waals surface area contributed by atoms with Gasteiger partial charge in [0.1, 0.15) is 34.9 Å². The van der Waals surface area contributed by atoms with Gasteiger partial charge in [-0.3, -0.25) is 4.28 Å². The lowest BCUT2D eigenvalue weighted by atomic mass is 10.0. The summed E-state index contributed by atoms with van der Waals surface area (Å²) in [5, 5.41) is 42.2. The first-order valence-corrected chi connectivity index (χ1v) is 10.1. The number of hydrogen-bond acceptors (Lipinski definition) is 11. The van der Waals surface area contributed by atoms with Gasteiger partial charge in [-0.05, 0) is 12.0 Å². The molecule has 0 amide bonds. The maximum absolute atomic E-state index is 10.7. The average Bonchev–Trinajstić information content (AvgIpc) is 2.64. The van der Waals surface area contributed by atoms with Crippen LogP contribution in [0.15, 0.2) is 35.5 Å². The van der Waals surface area contributed by atoms with Gasteiger partial charge in [0, 0.05) is 6.42 Å². The summed E-state index contributed by atoms with van der Waals surface area (Å²) < 4.78 is 41.3. The van der Waals surface area contributed by atoms with Gasteiger partial charge in [0.2, 0.25) is 0 Å². The third-order valence-corrected chi connectivity index (χ3v) is 5.23. The van der Waals surface area contributed by atoms with Gasteiger partial charge in [0.25, 0.3) is 10.4 Å². The predicted octanol–water partition coefficient (Wildman–Crippen LogP) is -1.06. The van der Waals surface area contributed by atoms with Crippen molar-refractivity contribution >= 4 is 27.2 Å². The Kier molecular flexibility index (Phi) is 8.00. The van der Waals surface area contributed by atoms with Crippen LogP contribution in [-0.4, -0.2) is 74.9 Å². The molecule has 1 aromatic rings. The minimum Gasteiger partial charge on any atom is -0.714 e. The van der Waals surface area contributed by atoms with Crippen molar-refractivity contribution in [2.75, 3.05) is 6.61 Å². The van der Waals surface area contributed by atoms with E-state index in [9.17, 15) is 33.4 Å². The van der Waals surface area contributed by atoms with Gasteiger partial charge in [0.05, 0.1) is 6.61 Å². The SMILES string of the molecule is O=S(=O)([O-])O/N=C(\CCc1ccccc1)SC1O[C@H](CO)[C@@H](O)[C@H](O)[C@H]1O. The number of benzene rings is 1. The molecule has 0 aromatic heterocycles. The summed E-state index contributed by atoms with van der Waals surface area (Å²) in [6.45, 7) is -0.607. The molecule has 1 unspecified atom stereocenters. The number of nitrogens with zero attached hydrogens (tertiary/aromatic N) is 1. The van der Waals surface area contributed by atoms with Gasteiger partial charge >= 0.3 is 0 Å². The van der Waals surface area contributed by atoms with E-state index < -0.39 is 46.9 Å². The second-order valence-electron chi connectivity index (χ2n) is 5.77. The van der Waals surface area contributed by atoms with Gasteiger partial charge in [-0.1, -0.05) is 47.2 Å². The number of ether oxygens (including phenoxy) is 1. The minimum absolute atomic E-state index is 0.0163. The van der Waals surface area contributed by atoms with Gasteiger partial charge in [-0.15, -0.1) is 0 Å². The number of thioether (sulfide) groups is 1. The summed E-state index contributed by atoms with van der Waals surface area (Å²) in [4.78, 5) is 0. The molecule has 1 aliphatic heterocycles. The molecular weight excluding hydrogens is 402 g/mol. The zero-order chi connectivity index (χ0) is 20.0. The fourth-order valence-electron chi connectivity index (χ4n) is 2.41. The van der Waals surface area contributed by atoms with Gasteiger partial charge in [-0.2, -0.15) is 8.42 Å². The van der Waals surface area contributed by atoms with Crippen LogP contribution in [-0.2, 0) is 25.8 Å². The lowest BCUT2D eigenvalue weighted by Crippen LogP contribution is -2.57. The van der Waals surface area contributed by atoms with Gasteiger partial charge < -0.3 is 29.7 Å². The predicted molar refractivity (Wildman–Crippen MR) is 94.3 cm³/mol. The number of aryl methyl sites for hydroxylation is 1. The highest BCUT2D eigenvalue weighted by Gasteiger charge is 2.44. The fraction of sp³-hybridized carbons (Fsp3) is 0.533. The van der Waals surface area contributed by atoms with Crippen LogP contribution in [0.25, 0.3) is 0 Å². The Morgan fingerprint density at radius 3 is 2.44 bits per heavy atom. The Balaban J connectivity index is 2.12. The standard InChI is InChI=1S/C15H21NO9S2/c17-8-10-12(18)13(19)14(20)15(24-10)26-11(16-25-27(21,22)23)7-6-9-4-2-1-3-5-9/h1-5,10,12-15,17-20H,6-8H2,(H,21,22,23)/p-1/b16-11+/t10-,12-,13+,14-,15?/m1/s1. The molecule has 1 saturated heterocycles. The Labute approximate surface area is 160 Å². The second-order valence-corrected chi connectivity index (χ2v) is 7.91. The lowest BCUT2D eigenvalue weighted by molar-refractivity contribution is -0.205. The van der Waals surface area contributed by atoms with E-state index >= 15 is 0 Å². The molecule has 2 rings (SSSR count). The number of hydrogen-bond donors (Lipinski definition) is 4. The van der Waals surface area contributed by atoms with E-state index in [2.05, 4.69) is 9.44 Å². The van der Waals surface area contributed by atoms with Gasteiger partial charge in [0.15, 0.2) is 0 Å². The summed E-state index contributed by atoms with van der Waals surface area (Å²) in [6.07, 6.45) is -5.21. The highest BCUT2D eigenvalue weighted by atomic mass is 32.3. The monoisotopic (exact) mass is 422 g/mol. The first-order valence-electron chi connectivity index (χ1n) is 7.93. The molecule has 27 heavy (non-hydrogen) atoms. The van der Waals surface area contributed by atoms with Crippen molar-refractivity contribution in [3.63, 3.8) is 0 Å². The van der Waals surface area contributed by atoms with E-state index in [1.165, 1.54) is 0 Å². The molecule has 4 N–H and O–H groups in total. The van der Waals surface area contributed by atoms with Crippen molar-refractivity contribution < 1.29 is 42.4 Å². The summed E-state index contributed by atoms with van der Waals surface area (Å²) in [7, 11) is -5.07. The Hall–Kier alpha value is -1.25. The molecule has 0 radical (unpaired) electrons. The molecule has 0 saturated carbocycles. The molecular formula is C15H20NO9S2-. The summed E-state index contributed by atoms with van der Waals surface area (Å²) in [5.74, 6) is 0. The summed E-state index contributed by atoms with van der Waals surface area (Å²) in [6, 6.07) is 9.13. The molecule has 1 heterocycles. The van der Waals surface area contributed by atoms with Crippen LogP contribution >= 0.6 is 11.8 Å². The fourth-order valence-corrected chi connectivity index (χ4v) is 3.70. The van der Waals surface area contributed by atoms with Crippen LogP contribution in [0.3, 0.4) is 0 Å². The third-order valence-electron chi connectivity index (χ3n) is 3.80. The Bertz CT molecular complexity index is 726. The van der Waals surface area contributed by atoms with Crippen LogP contribution < -0.4 is 0 Å². The molecule has 1 aliphatic rings. The van der Waals surface area contributed by atoms with Crippen LogP contribution in [0, 0.1) is 0 Å². The molecule has 0 aliphatic carbocycles. The number of aliphatic hydroxyl groups is 4. The molecule has 152 valence electrons. The van der Waals surface area contributed by atoms with E-state index in [0.29, 0.717) is 6.42 Å². The maximum Gasteiger partial charge on any atom is 0.284 e. The van der Waals surface area contributed by atoms with E-state index in [1.54, 1.807) is 0 Å². The molecule has 0 bridgehead atoms. The molecule has 12 heteroatoms. The Morgan fingerprint density at radius 1 is 1.19 bits per heavy atom. The molecule has 1 fully saturated rings. The maximum atomic E-state index is 10.7. The third kappa shape index (κ3) is 6.69. The molecule has 1 aromatic carbocycles. The normalized spacial score (nSPS) is 29.5. The number of rotatable bonds is 7. The van der Waals surface area contributed by atoms with Crippen molar-refractivity contribution in [1.29, 1.82) is 0 Å².